The van der Waals surface area contributed by atoms with Crippen molar-refractivity contribution in [1.82, 2.24) is 0 Å². The highest BCUT2D eigenvalue weighted by Gasteiger charge is 2.58. The highest BCUT2D eigenvalue weighted by atomic mass is 79.9. The molecule has 0 bridgehead atoms. The molecule has 2 atom stereocenters. The Balaban J connectivity index is 2.31. The predicted molar refractivity (Wildman–Crippen MR) is 65.8 cm³/mol. The van der Waals surface area contributed by atoms with Crippen molar-refractivity contribution in [3.63, 3.8) is 0 Å². The van der Waals surface area contributed by atoms with Crippen molar-refractivity contribution in [2.24, 2.45) is 17.1 Å². The minimum absolute atomic E-state index is 0.397. The molecule has 2 N–H and O–H groups in total. The largest absolute Gasteiger partial charge is 0.330 e. The average molecular weight is 274 g/mol. The van der Waals surface area contributed by atoms with Crippen LogP contribution < -0.4 is 5.73 Å². The molecule has 0 spiro atoms. The number of rotatable bonds is 2. The smallest absolute Gasteiger partial charge is 0.0346 e. The van der Waals surface area contributed by atoms with Crippen LogP contribution in [0.1, 0.15) is 30.2 Å². The predicted octanol–water partition coefficient (Wildman–Crippen LogP) is 3.52. The standard InChI is InChI=1S/C11H16BrNS/c1-6-5-14-10(9(6)12)8-7(4-13)11(8,2)3/h5,7-8H,4,13H2,1-3H3/t7-,8+/m0/s1. The van der Waals surface area contributed by atoms with Gasteiger partial charge >= 0.3 is 0 Å². The molecule has 0 unspecified atom stereocenters. The van der Waals surface area contributed by atoms with Gasteiger partial charge in [-0.25, -0.2) is 0 Å². The Labute approximate surface area is 97.8 Å². The van der Waals surface area contributed by atoms with Gasteiger partial charge in [0.1, 0.15) is 0 Å². The second-order valence-electron chi connectivity index (χ2n) is 4.74. The van der Waals surface area contributed by atoms with Gasteiger partial charge in [-0.2, -0.15) is 0 Å². The van der Waals surface area contributed by atoms with Crippen molar-refractivity contribution >= 4 is 27.3 Å². The van der Waals surface area contributed by atoms with Crippen LogP contribution in [0.5, 0.6) is 0 Å². The van der Waals surface area contributed by atoms with Gasteiger partial charge in [0, 0.05) is 15.3 Å². The minimum atomic E-state index is 0.397. The summed E-state index contributed by atoms with van der Waals surface area (Å²) in [6, 6.07) is 0. The molecule has 1 fully saturated rings. The molecule has 0 aliphatic heterocycles. The topological polar surface area (TPSA) is 26.0 Å². The molecule has 78 valence electrons. The van der Waals surface area contributed by atoms with Crippen LogP contribution in [0.3, 0.4) is 0 Å². The third-order valence-corrected chi connectivity index (χ3v) is 6.01. The summed E-state index contributed by atoms with van der Waals surface area (Å²) in [7, 11) is 0. The Morgan fingerprint density at radius 1 is 1.57 bits per heavy atom. The second-order valence-corrected chi connectivity index (χ2v) is 6.44. The van der Waals surface area contributed by atoms with Gasteiger partial charge in [0.15, 0.2) is 0 Å². The van der Waals surface area contributed by atoms with E-state index in [1.807, 2.05) is 11.3 Å². The van der Waals surface area contributed by atoms with Crippen LogP contribution in [-0.4, -0.2) is 6.54 Å². The third kappa shape index (κ3) is 1.37. The van der Waals surface area contributed by atoms with E-state index in [9.17, 15) is 0 Å². The highest BCUT2D eigenvalue weighted by molar-refractivity contribution is 9.10. The molecular formula is C11H16BrNS. The summed E-state index contributed by atoms with van der Waals surface area (Å²) in [5.41, 5.74) is 7.53. The minimum Gasteiger partial charge on any atom is -0.330 e. The average Bonchev–Trinajstić information content (AvgIpc) is 2.52. The van der Waals surface area contributed by atoms with Crippen LogP contribution in [-0.2, 0) is 0 Å². The Morgan fingerprint density at radius 3 is 2.57 bits per heavy atom. The molecule has 1 saturated carbocycles. The number of aryl methyl sites for hydroxylation is 1. The molecule has 0 saturated heterocycles. The van der Waals surface area contributed by atoms with E-state index in [1.54, 1.807) is 0 Å². The van der Waals surface area contributed by atoms with Crippen molar-refractivity contribution in [3.8, 4) is 0 Å². The van der Waals surface area contributed by atoms with Crippen LogP contribution in [0.25, 0.3) is 0 Å². The van der Waals surface area contributed by atoms with E-state index in [0.29, 0.717) is 17.3 Å². The molecule has 0 radical (unpaired) electrons. The highest BCUT2D eigenvalue weighted by Crippen LogP contribution is 2.66. The first-order valence-electron chi connectivity index (χ1n) is 4.93. The summed E-state index contributed by atoms with van der Waals surface area (Å²) >= 11 is 5.53. The molecule has 0 amide bonds. The lowest BCUT2D eigenvalue weighted by atomic mass is 10.1. The Bertz CT molecular complexity index is 356. The van der Waals surface area contributed by atoms with Crippen LogP contribution in [0.2, 0.25) is 0 Å². The molecular weight excluding hydrogens is 258 g/mol. The van der Waals surface area contributed by atoms with E-state index in [4.69, 9.17) is 5.73 Å². The van der Waals surface area contributed by atoms with Crippen molar-refractivity contribution in [2.45, 2.75) is 26.7 Å². The summed E-state index contributed by atoms with van der Waals surface area (Å²) in [6.07, 6.45) is 0. The van der Waals surface area contributed by atoms with Gasteiger partial charge in [0.2, 0.25) is 0 Å². The van der Waals surface area contributed by atoms with E-state index in [1.165, 1.54) is 14.9 Å². The van der Waals surface area contributed by atoms with Gasteiger partial charge in [-0.05, 0) is 51.7 Å². The molecule has 1 aromatic heterocycles. The summed E-state index contributed by atoms with van der Waals surface area (Å²) in [4.78, 5) is 1.49. The van der Waals surface area contributed by atoms with E-state index in [-0.39, 0.29) is 0 Å². The van der Waals surface area contributed by atoms with Crippen molar-refractivity contribution in [3.05, 3.63) is 20.3 Å². The summed E-state index contributed by atoms with van der Waals surface area (Å²) < 4.78 is 1.30. The first-order chi connectivity index (χ1) is 6.50. The number of hydrogen-bond acceptors (Lipinski definition) is 2. The Kier molecular flexibility index (Phi) is 2.53. The number of hydrogen-bond donors (Lipinski definition) is 1. The zero-order valence-corrected chi connectivity index (χ0v) is 11.2. The van der Waals surface area contributed by atoms with E-state index in [0.717, 1.165) is 6.54 Å². The fourth-order valence-corrected chi connectivity index (χ4v) is 4.46. The molecule has 0 aromatic carbocycles. The fraction of sp³-hybridized carbons (Fsp3) is 0.636. The number of halogens is 1. The molecule has 14 heavy (non-hydrogen) atoms. The Hall–Kier alpha value is 0.140. The molecule has 2 rings (SSSR count). The molecule has 1 nitrogen and oxygen atoms in total. The van der Waals surface area contributed by atoms with Crippen molar-refractivity contribution in [2.75, 3.05) is 6.54 Å². The second kappa shape index (κ2) is 3.32. The summed E-state index contributed by atoms with van der Waals surface area (Å²) in [6.45, 7) is 7.59. The molecule has 1 aliphatic carbocycles. The number of nitrogens with two attached hydrogens (primary N) is 1. The van der Waals surface area contributed by atoms with Gasteiger partial charge in [0.05, 0.1) is 0 Å². The quantitative estimate of drug-likeness (QED) is 0.877. The maximum atomic E-state index is 5.78. The van der Waals surface area contributed by atoms with Crippen LogP contribution >= 0.6 is 27.3 Å². The number of thiophene rings is 1. The maximum Gasteiger partial charge on any atom is 0.0346 e. The lowest BCUT2D eigenvalue weighted by Gasteiger charge is -2.00. The molecule has 1 heterocycles. The SMILES string of the molecule is Cc1csc([C@H]2[C@H](CN)C2(C)C)c1Br. The van der Waals surface area contributed by atoms with E-state index >= 15 is 0 Å². The van der Waals surface area contributed by atoms with Crippen molar-refractivity contribution in [1.29, 1.82) is 0 Å². The van der Waals surface area contributed by atoms with Crippen LogP contribution in [0.4, 0.5) is 0 Å². The van der Waals surface area contributed by atoms with Crippen LogP contribution in [0.15, 0.2) is 9.85 Å². The van der Waals surface area contributed by atoms with Gasteiger partial charge in [0.25, 0.3) is 0 Å². The summed E-state index contributed by atoms with van der Waals surface area (Å²) in [5.74, 6) is 1.33. The fourth-order valence-electron chi connectivity index (χ4n) is 2.36. The first-order valence-corrected chi connectivity index (χ1v) is 6.61. The molecule has 3 heteroatoms. The van der Waals surface area contributed by atoms with Gasteiger partial charge < -0.3 is 5.73 Å². The zero-order chi connectivity index (χ0) is 10.5. The van der Waals surface area contributed by atoms with E-state index < -0.39 is 0 Å². The lowest BCUT2D eigenvalue weighted by molar-refractivity contribution is 0.559. The van der Waals surface area contributed by atoms with Gasteiger partial charge in [-0.3, -0.25) is 0 Å². The van der Waals surface area contributed by atoms with E-state index in [2.05, 4.69) is 42.1 Å². The molecule has 1 aliphatic rings. The first kappa shape index (κ1) is 10.7. The third-order valence-electron chi connectivity index (χ3n) is 3.51. The summed E-state index contributed by atoms with van der Waals surface area (Å²) in [5, 5.41) is 2.22. The Morgan fingerprint density at radius 2 is 2.21 bits per heavy atom. The van der Waals surface area contributed by atoms with Crippen molar-refractivity contribution < 1.29 is 0 Å². The normalized spacial score (nSPS) is 29.2. The lowest BCUT2D eigenvalue weighted by Crippen LogP contribution is -2.05. The molecule has 1 aromatic rings. The van der Waals surface area contributed by atoms with Gasteiger partial charge in [-0.1, -0.05) is 13.8 Å². The monoisotopic (exact) mass is 273 g/mol. The van der Waals surface area contributed by atoms with Gasteiger partial charge in [-0.15, -0.1) is 11.3 Å². The maximum absolute atomic E-state index is 5.78. The van der Waals surface area contributed by atoms with Crippen LogP contribution in [0, 0.1) is 18.3 Å². The zero-order valence-electron chi connectivity index (χ0n) is 8.80.